The van der Waals surface area contributed by atoms with E-state index in [-0.39, 0.29) is 17.0 Å². The van der Waals surface area contributed by atoms with Crippen molar-refractivity contribution in [1.29, 1.82) is 0 Å². The zero-order valence-corrected chi connectivity index (χ0v) is 15.3. The topological polar surface area (TPSA) is 63.7 Å². The average Bonchev–Trinajstić information content (AvgIpc) is 3.07. The van der Waals surface area contributed by atoms with Crippen molar-refractivity contribution in [2.24, 2.45) is 0 Å². The van der Waals surface area contributed by atoms with Gasteiger partial charge in [-0.25, -0.2) is 9.18 Å². The van der Waals surface area contributed by atoms with Gasteiger partial charge >= 0.3 is 5.97 Å². The molecule has 7 heteroatoms. The number of halogens is 2. The Morgan fingerprint density at radius 3 is 2.44 bits per heavy atom. The molecule has 0 unspecified atom stereocenters. The molecular weight excluding hydrogens is 373 g/mol. The van der Waals surface area contributed by atoms with E-state index in [4.69, 9.17) is 16.3 Å². The summed E-state index contributed by atoms with van der Waals surface area (Å²) in [5.41, 5.74) is 0.884. The van der Waals surface area contributed by atoms with Gasteiger partial charge in [-0.3, -0.25) is 9.59 Å². The van der Waals surface area contributed by atoms with Gasteiger partial charge in [0.15, 0.2) is 6.10 Å². The number of ketones is 1. The highest BCUT2D eigenvalue weighted by atomic mass is 35.5. The maximum Gasteiger partial charge on any atom is 0.338 e. The van der Waals surface area contributed by atoms with E-state index in [1.165, 1.54) is 54.3 Å². The van der Waals surface area contributed by atoms with Gasteiger partial charge in [-0.2, -0.15) is 0 Å². The third kappa shape index (κ3) is 4.17. The fraction of sp³-hybridized carbons (Fsp3) is 0.250. The molecule has 0 N–H and O–H groups in total. The molecule has 0 aromatic heterocycles. The van der Waals surface area contributed by atoms with Crippen LogP contribution in [-0.2, 0) is 9.53 Å². The zero-order chi connectivity index (χ0) is 19.6. The van der Waals surface area contributed by atoms with Crippen LogP contribution in [0.1, 0.15) is 40.5 Å². The predicted molar refractivity (Wildman–Crippen MR) is 98.6 cm³/mol. The lowest BCUT2D eigenvalue weighted by atomic mass is 10.1. The minimum absolute atomic E-state index is 0.0535. The lowest BCUT2D eigenvalue weighted by molar-refractivity contribution is -0.117. The average molecular weight is 390 g/mol. The minimum Gasteiger partial charge on any atom is -0.451 e. The molecule has 5 nitrogen and oxygen atoms in total. The van der Waals surface area contributed by atoms with Crippen LogP contribution in [0.4, 0.5) is 10.1 Å². The maximum atomic E-state index is 13.0. The first-order chi connectivity index (χ1) is 12.9. The van der Waals surface area contributed by atoms with Crippen molar-refractivity contribution in [2.45, 2.75) is 25.9 Å². The third-order valence-electron chi connectivity index (χ3n) is 4.33. The number of carbonyl (C=O) groups is 3. The molecule has 1 atom stereocenters. The first-order valence-electron chi connectivity index (χ1n) is 8.47. The summed E-state index contributed by atoms with van der Waals surface area (Å²) in [4.78, 5) is 38.2. The van der Waals surface area contributed by atoms with Crippen molar-refractivity contribution < 1.29 is 23.5 Å². The fourth-order valence-electron chi connectivity index (χ4n) is 2.88. The van der Waals surface area contributed by atoms with Gasteiger partial charge in [-0.05, 0) is 55.8 Å². The summed E-state index contributed by atoms with van der Waals surface area (Å²) < 4.78 is 18.2. The number of rotatable bonds is 5. The Kier molecular flexibility index (Phi) is 5.56. The highest BCUT2D eigenvalue weighted by Crippen LogP contribution is 2.30. The minimum atomic E-state index is -1.05. The number of anilines is 1. The standard InChI is InChI=1S/C20H17ClFNO4/c1-12(19(25)13-4-7-15(22)8-5-13)27-20(26)14-6-9-16(21)17(11-14)23-10-2-3-18(23)24/h4-9,11-12H,2-3,10H2,1H3/t12-/m0/s1. The molecule has 27 heavy (non-hydrogen) atoms. The van der Waals surface area contributed by atoms with Gasteiger partial charge in [0, 0.05) is 18.5 Å². The molecule has 2 aromatic rings. The number of amides is 1. The lowest BCUT2D eigenvalue weighted by Gasteiger charge is -2.18. The van der Waals surface area contributed by atoms with E-state index in [0.29, 0.717) is 23.7 Å². The van der Waals surface area contributed by atoms with Gasteiger partial charge < -0.3 is 9.64 Å². The van der Waals surface area contributed by atoms with Crippen LogP contribution in [0.3, 0.4) is 0 Å². The molecule has 1 heterocycles. The SMILES string of the molecule is C[C@H](OC(=O)c1ccc(Cl)c(N2CCCC2=O)c1)C(=O)c1ccc(F)cc1. The van der Waals surface area contributed by atoms with Crippen LogP contribution in [0.15, 0.2) is 42.5 Å². The molecule has 1 saturated heterocycles. The Labute approximate surface area is 160 Å². The second kappa shape index (κ2) is 7.88. The summed E-state index contributed by atoms with van der Waals surface area (Å²) in [7, 11) is 0. The summed E-state index contributed by atoms with van der Waals surface area (Å²) in [5, 5.41) is 0.359. The zero-order valence-electron chi connectivity index (χ0n) is 14.6. The maximum absolute atomic E-state index is 13.0. The van der Waals surface area contributed by atoms with E-state index >= 15 is 0 Å². The molecule has 2 aromatic carbocycles. The van der Waals surface area contributed by atoms with Crippen molar-refractivity contribution in [1.82, 2.24) is 0 Å². The predicted octanol–water partition coefficient (Wildman–Crippen LogP) is 4.03. The first-order valence-corrected chi connectivity index (χ1v) is 8.85. The largest absolute Gasteiger partial charge is 0.451 e. The van der Waals surface area contributed by atoms with Crippen LogP contribution in [0.25, 0.3) is 0 Å². The smallest absolute Gasteiger partial charge is 0.338 e. The summed E-state index contributed by atoms with van der Waals surface area (Å²) >= 11 is 6.16. The first kappa shape index (κ1) is 19.0. The molecule has 1 aliphatic heterocycles. The van der Waals surface area contributed by atoms with E-state index in [1.54, 1.807) is 0 Å². The van der Waals surface area contributed by atoms with Crippen LogP contribution >= 0.6 is 11.6 Å². The lowest BCUT2D eigenvalue weighted by Crippen LogP contribution is -2.26. The quantitative estimate of drug-likeness (QED) is 0.572. The van der Waals surface area contributed by atoms with E-state index in [1.807, 2.05) is 0 Å². The highest BCUT2D eigenvalue weighted by Gasteiger charge is 2.26. The molecule has 1 aliphatic rings. The second-order valence-corrected chi connectivity index (χ2v) is 6.64. The number of hydrogen-bond acceptors (Lipinski definition) is 4. The van der Waals surface area contributed by atoms with Crippen molar-refractivity contribution in [3.63, 3.8) is 0 Å². The number of benzene rings is 2. The number of carbonyl (C=O) groups excluding carboxylic acids is 3. The van der Waals surface area contributed by atoms with Gasteiger partial charge in [0.25, 0.3) is 0 Å². The molecule has 0 aliphatic carbocycles. The monoisotopic (exact) mass is 389 g/mol. The molecule has 1 fully saturated rings. The molecule has 0 bridgehead atoms. The third-order valence-corrected chi connectivity index (χ3v) is 4.65. The summed E-state index contributed by atoms with van der Waals surface area (Å²) in [6.07, 6.45) is 0.122. The number of nitrogens with zero attached hydrogens (tertiary/aromatic N) is 1. The van der Waals surface area contributed by atoms with Crippen molar-refractivity contribution in [2.75, 3.05) is 11.4 Å². The Morgan fingerprint density at radius 1 is 1.15 bits per heavy atom. The summed E-state index contributed by atoms with van der Waals surface area (Å²) in [6.45, 7) is 1.99. The van der Waals surface area contributed by atoms with E-state index in [0.717, 1.165) is 6.42 Å². The van der Waals surface area contributed by atoms with E-state index < -0.39 is 23.7 Å². The van der Waals surface area contributed by atoms with Gasteiger partial charge in [-0.15, -0.1) is 0 Å². The Balaban J connectivity index is 1.74. The van der Waals surface area contributed by atoms with Crippen molar-refractivity contribution in [3.05, 3.63) is 64.4 Å². The molecule has 140 valence electrons. The molecule has 0 spiro atoms. The van der Waals surface area contributed by atoms with Crippen LogP contribution in [0.5, 0.6) is 0 Å². The van der Waals surface area contributed by atoms with E-state index in [9.17, 15) is 18.8 Å². The Morgan fingerprint density at radius 2 is 1.81 bits per heavy atom. The number of esters is 1. The van der Waals surface area contributed by atoms with Gasteiger partial charge in [0.2, 0.25) is 11.7 Å². The van der Waals surface area contributed by atoms with Crippen molar-refractivity contribution >= 4 is 34.9 Å². The van der Waals surface area contributed by atoms with E-state index in [2.05, 4.69) is 0 Å². The second-order valence-electron chi connectivity index (χ2n) is 6.23. The number of Topliss-reactive ketones (excluding diaryl/α,β-unsaturated/α-hetero) is 1. The highest BCUT2D eigenvalue weighted by molar-refractivity contribution is 6.34. The Bertz CT molecular complexity index is 897. The molecular formula is C20H17ClFNO4. The summed E-state index contributed by atoms with van der Waals surface area (Å²) in [6, 6.07) is 9.49. The van der Waals surface area contributed by atoms with Crippen LogP contribution in [-0.4, -0.2) is 30.3 Å². The van der Waals surface area contributed by atoms with Crippen LogP contribution in [0, 0.1) is 5.82 Å². The normalized spacial score (nSPS) is 14.9. The Hall–Kier alpha value is -2.73. The van der Waals surface area contributed by atoms with Crippen LogP contribution < -0.4 is 4.90 Å². The molecule has 3 rings (SSSR count). The molecule has 1 amide bonds. The van der Waals surface area contributed by atoms with Crippen molar-refractivity contribution in [3.8, 4) is 0 Å². The molecule has 0 radical (unpaired) electrons. The van der Waals surface area contributed by atoms with Gasteiger partial charge in [0.1, 0.15) is 5.82 Å². The van der Waals surface area contributed by atoms with Gasteiger partial charge in [-0.1, -0.05) is 11.6 Å². The fourth-order valence-corrected chi connectivity index (χ4v) is 3.10. The molecule has 0 saturated carbocycles. The summed E-state index contributed by atoms with van der Waals surface area (Å²) in [5.74, 6) is -1.65. The number of hydrogen-bond donors (Lipinski definition) is 0. The van der Waals surface area contributed by atoms with Crippen LogP contribution in [0.2, 0.25) is 5.02 Å². The number of ether oxygens (including phenoxy) is 1. The van der Waals surface area contributed by atoms with Gasteiger partial charge in [0.05, 0.1) is 16.3 Å².